The fraction of sp³-hybridized carbons (Fsp3) is 0.400. The lowest BCUT2D eigenvalue weighted by Gasteiger charge is -2.15. The Kier molecular flexibility index (Phi) is 4.03. The van der Waals surface area contributed by atoms with Crippen molar-refractivity contribution in [3.8, 4) is 5.69 Å². The van der Waals surface area contributed by atoms with Gasteiger partial charge in [0.1, 0.15) is 0 Å². The van der Waals surface area contributed by atoms with Crippen LogP contribution in [0.4, 0.5) is 5.95 Å². The smallest absolute Gasteiger partial charge is 0.207 e. The Bertz CT molecular complexity index is 500. The van der Waals surface area contributed by atoms with Crippen molar-refractivity contribution < 1.29 is 0 Å². The molecule has 3 nitrogen and oxygen atoms in total. The molecule has 2 aromatic rings. The van der Waals surface area contributed by atoms with E-state index in [0.29, 0.717) is 6.04 Å². The lowest BCUT2D eigenvalue weighted by molar-refractivity contribution is 0.854. The molecule has 0 unspecified atom stereocenters. The monoisotopic (exact) mass is 243 g/mol. The van der Waals surface area contributed by atoms with Crippen molar-refractivity contribution >= 4 is 5.95 Å². The lowest BCUT2D eigenvalue weighted by Crippen LogP contribution is -2.14. The van der Waals surface area contributed by atoms with Crippen LogP contribution in [0.15, 0.2) is 36.7 Å². The van der Waals surface area contributed by atoms with Crippen LogP contribution in [0.25, 0.3) is 5.69 Å². The van der Waals surface area contributed by atoms with Crippen molar-refractivity contribution in [2.24, 2.45) is 0 Å². The number of nitrogens with one attached hydrogen (secondary N) is 1. The van der Waals surface area contributed by atoms with E-state index in [-0.39, 0.29) is 0 Å². The largest absolute Gasteiger partial charge is 0.353 e. The number of nitrogens with zero attached hydrogens (tertiary/aromatic N) is 2. The summed E-state index contributed by atoms with van der Waals surface area (Å²) in [7, 11) is 0. The number of hydrogen-bond donors (Lipinski definition) is 1. The normalized spacial score (nSPS) is 10.9. The lowest BCUT2D eigenvalue weighted by atomic mass is 10.1. The molecule has 96 valence electrons. The van der Waals surface area contributed by atoms with Gasteiger partial charge in [-0.05, 0) is 31.9 Å². The molecule has 0 aliphatic carbocycles. The molecule has 1 aromatic heterocycles. The molecule has 0 aliphatic rings. The topological polar surface area (TPSA) is 29.9 Å². The standard InChI is InChI=1S/C15H21N3/c1-4-7-13-8-5-6-9-14(13)18-11-10-16-15(18)17-12(2)3/h5-6,8-12H,4,7H2,1-3H3,(H,16,17). The summed E-state index contributed by atoms with van der Waals surface area (Å²) in [5.41, 5.74) is 2.59. The molecular formula is C15H21N3. The van der Waals surface area contributed by atoms with Crippen LogP contribution in [0, 0.1) is 0 Å². The van der Waals surface area contributed by atoms with Gasteiger partial charge in [0, 0.05) is 18.4 Å². The number of aromatic nitrogens is 2. The molecule has 0 atom stereocenters. The van der Waals surface area contributed by atoms with Crippen LogP contribution in [0.5, 0.6) is 0 Å². The van der Waals surface area contributed by atoms with Gasteiger partial charge in [-0.15, -0.1) is 0 Å². The van der Waals surface area contributed by atoms with Crippen LogP contribution in [0.3, 0.4) is 0 Å². The predicted octanol–water partition coefficient (Wildman–Crippen LogP) is 3.65. The molecule has 0 spiro atoms. The highest BCUT2D eigenvalue weighted by atomic mass is 15.2. The minimum Gasteiger partial charge on any atom is -0.353 e. The first-order valence-corrected chi connectivity index (χ1v) is 6.60. The van der Waals surface area contributed by atoms with Gasteiger partial charge in [0.05, 0.1) is 5.69 Å². The van der Waals surface area contributed by atoms with Gasteiger partial charge in [-0.1, -0.05) is 31.5 Å². The molecule has 0 saturated carbocycles. The van der Waals surface area contributed by atoms with Gasteiger partial charge < -0.3 is 5.32 Å². The summed E-state index contributed by atoms with van der Waals surface area (Å²) in [5.74, 6) is 0.911. The Morgan fingerprint density at radius 1 is 1.28 bits per heavy atom. The molecule has 0 saturated heterocycles. The van der Waals surface area contributed by atoms with Crippen LogP contribution >= 0.6 is 0 Å². The molecule has 0 aliphatic heterocycles. The van der Waals surface area contributed by atoms with Gasteiger partial charge in [-0.3, -0.25) is 4.57 Å². The molecule has 1 heterocycles. The van der Waals surface area contributed by atoms with Gasteiger partial charge >= 0.3 is 0 Å². The van der Waals surface area contributed by atoms with Crippen molar-refractivity contribution in [2.75, 3.05) is 5.32 Å². The maximum Gasteiger partial charge on any atom is 0.207 e. The predicted molar refractivity (Wildman–Crippen MR) is 76.3 cm³/mol. The van der Waals surface area contributed by atoms with Gasteiger partial charge in [0.15, 0.2) is 0 Å². The van der Waals surface area contributed by atoms with Crippen LogP contribution in [-0.2, 0) is 6.42 Å². The number of anilines is 1. The van der Waals surface area contributed by atoms with E-state index in [9.17, 15) is 0 Å². The summed E-state index contributed by atoms with van der Waals surface area (Å²) in [5, 5.41) is 3.37. The van der Waals surface area contributed by atoms with E-state index in [2.05, 4.69) is 59.9 Å². The second-order valence-corrected chi connectivity index (χ2v) is 4.80. The molecular weight excluding hydrogens is 222 g/mol. The minimum atomic E-state index is 0.379. The number of benzene rings is 1. The average molecular weight is 243 g/mol. The third kappa shape index (κ3) is 2.73. The van der Waals surface area contributed by atoms with E-state index in [1.54, 1.807) is 0 Å². The SMILES string of the molecule is CCCc1ccccc1-n1ccnc1NC(C)C. The Labute approximate surface area is 109 Å². The van der Waals surface area contributed by atoms with E-state index < -0.39 is 0 Å². The van der Waals surface area contributed by atoms with E-state index in [1.165, 1.54) is 11.3 Å². The molecule has 18 heavy (non-hydrogen) atoms. The molecule has 2 rings (SSSR count). The van der Waals surface area contributed by atoms with Gasteiger partial charge in [0.2, 0.25) is 5.95 Å². The summed E-state index contributed by atoms with van der Waals surface area (Å²) in [6.07, 6.45) is 6.10. The van der Waals surface area contributed by atoms with Crippen LogP contribution < -0.4 is 5.32 Å². The fourth-order valence-electron chi connectivity index (χ4n) is 2.09. The minimum absolute atomic E-state index is 0.379. The summed E-state index contributed by atoms with van der Waals surface area (Å²) in [6, 6.07) is 8.90. The summed E-state index contributed by atoms with van der Waals surface area (Å²) in [6.45, 7) is 6.45. The number of para-hydroxylation sites is 1. The van der Waals surface area contributed by atoms with Crippen molar-refractivity contribution in [1.82, 2.24) is 9.55 Å². The van der Waals surface area contributed by atoms with Gasteiger partial charge in [-0.25, -0.2) is 4.98 Å². The first kappa shape index (κ1) is 12.7. The summed E-state index contributed by atoms with van der Waals surface area (Å²) in [4.78, 5) is 4.39. The third-order valence-electron chi connectivity index (χ3n) is 2.83. The number of aryl methyl sites for hydroxylation is 1. The Balaban J connectivity index is 2.39. The van der Waals surface area contributed by atoms with Crippen LogP contribution in [0.1, 0.15) is 32.8 Å². The quantitative estimate of drug-likeness (QED) is 0.868. The van der Waals surface area contributed by atoms with Gasteiger partial charge in [0.25, 0.3) is 0 Å². The van der Waals surface area contributed by atoms with E-state index in [4.69, 9.17) is 0 Å². The van der Waals surface area contributed by atoms with Crippen LogP contribution in [0.2, 0.25) is 0 Å². The zero-order chi connectivity index (χ0) is 13.0. The molecule has 1 aromatic carbocycles. The Morgan fingerprint density at radius 3 is 2.78 bits per heavy atom. The maximum atomic E-state index is 4.39. The zero-order valence-electron chi connectivity index (χ0n) is 11.4. The number of rotatable bonds is 5. The van der Waals surface area contributed by atoms with Gasteiger partial charge in [-0.2, -0.15) is 0 Å². The van der Waals surface area contributed by atoms with Crippen LogP contribution in [-0.4, -0.2) is 15.6 Å². The summed E-state index contributed by atoms with van der Waals surface area (Å²) < 4.78 is 2.13. The number of hydrogen-bond acceptors (Lipinski definition) is 2. The number of imidazole rings is 1. The van der Waals surface area contributed by atoms with E-state index >= 15 is 0 Å². The van der Waals surface area contributed by atoms with Crippen molar-refractivity contribution in [1.29, 1.82) is 0 Å². The van der Waals surface area contributed by atoms with Crippen molar-refractivity contribution in [3.05, 3.63) is 42.2 Å². The second-order valence-electron chi connectivity index (χ2n) is 4.80. The average Bonchev–Trinajstić information content (AvgIpc) is 2.77. The van der Waals surface area contributed by atoms with E-state index in [1.807, 2.05) is 12.4 Å². The third-order valence-corrected chi connectivity index (χ3v) is 2.83. The highest BCUT2D eigenvalue weighted by Crippen LogP contribution is 2.20. The molecule has 1 N–H and O–H groups in total. The maximum absolute atomic E-state index is 4.39. The molecule has 0 radical (unpaired) electrons. The first-order valence-electron chi connectivity index (χ1n) is 6.60. The highest BCUT2D eigenvalue weighted by Gasteiger charge is 2.08. The first-order chi connectivity index (χ1) is 8.72. The summed E-state index contributed by atoms with van der Waals surface area (Å²) >= 11 is 0. The second kappa shape index (κ2) is 5.71. The fourth-order valence-corrected chi connectivity index (χ4v) is 2.09. The van der Waals surface area contributed by atoms with Crippen molar-refractivity contribution in [3.63, 3.8) is 0 Å². The molecule has 0 bridgehead atoms. The zero-order valence-corrected chi connectivity index (χ0v) is 11.4. The highest BCUT2D eigenvalue weighted by molar-refractivity contribution is 5.47. The molecule has 0 amide bonds. The van der Waals surface area contributed by atoms with E-state index in [0.717, 1.165) is 18.8 Å². The molecule has 0 fully saturated rings. The Morgan fingerprint density at radius 2 is 2.06 bits per heavy atom. The van der Waals surface area contributed by atoms with Crippen molar-refractivity contribution in [2.45, 2.75) is 39.7 Å². The Hall–Kier alpha value is -1.77. The molecule has 3 heteroatoms.